The molecule has 0 atom stereocenters. The molecule has 2 aromatic carbocycles. The van der Waals surface area contributed by atoms with E-state index in [1.807, 2.05) is 24.5 Å². The third-order valence-electron chi connectivity index (χ3n) is 5.17. The van der Waals surface area contributed by atoms with E-state index in [2.05, 4.69) is 73.8 Å². The highest BCUT2D eigenvalue weighted by molar-refractivity contribution is 6.04. The maximum Gasteiger partial charge on any atom is 0.0977 e. The first-order chi connectivity index (χ1) is 12.6. The van der Waals surface area contributed by atoms with Gasteiger partial charge in [-0.3, -0.25) is 9.97 Å². The molecular weight excluding hydrogens is 316 g/mol. The fraction of sp³-hybridized carbons (Fsp3) is 0.167. The molecule has 0 aliphatic carbocycles. The van der Waals surface area contributed by atoms with Crippen LogP contribution in [0.1, 0.15) is 33.4 Å². The first kappa shape index (κ1) is 16.3. The summed E-state index contributed by atoms with van der Waals surface area (Å²) in [6, 6.07) is 12.4. The molecule has 0 saturated heterocycles. The maximum atomic E-state index is 4.56. The van der Waals surface area contributed by atoms with Crippen molar-refractivity contribution in [3.63, 3.8) is 0 Å². The molecule has 0 bridgehead atoms. The first-order valence-electron chi connectivity index (χ1n) is 8.78. The summed E-state index contributed by atoms with van der Waals surface area (Å²) in [5, 5.41) is 2.14. The predicted octanol–water partition coefficient (Wildman–Crippen LogP) is 5.42. The lowest BCUT2D eigenvalue weighted by molar-refractivity contribution is 1.22. The topological polar surface area (TPSA) is 25.8 Å². The Hall–Kier alpha value is -3.18. The highest BCUT2D eigenvalue weighted by Gasteiger charge is 2.08. The quantitative estimate of drug-likeness (QED) is 0.317. The summed E-state index contributed by atoms with van der Waals surface area (Å²) >= 11 is 0. The number of aromatic nitrogens is 2. The Morgan fingerprint density at radius 2 is 1.46 bits per heavy atom. The molecule has 0 amide bonds. The summed E-state index contributed by atoms with van der Waals surface area (Å²) in [5.41, 5.74) is 9.03. The average molecular weight is 336 g/mol. The van der Waals surface area contributed by atoms with E-state index >= 15 is 0 Å². The van der Waals surface area contributed by atoms with E-state index in [-0.39, 0.29) is 0 Å². The van der Waals surface area contributed by atoms with E-state index in [1.165, 1.54) is 22.3 Å². The van der Waals surface area contributed by atoms with Crippen molar-refractivity contribution in [3.8, 4) is 11.8 Å². The van der Waals surface area contributed by atoms with Crippen molar-refractivity contribution in [3.05, 3.63) is 82.2 Å². The smallest absolute Gasteiger partial charge is 0.0977 e. The molecule has 2 nitrogen and oxygen atoms in total. The number of aryl methyl sites for hydroxylation is 2. The third-order valence-corrected chi connectivity index (χ3v) is 5.17. The van der Waals surface area contributed by atoms with Gasteiger partial charge < -0.3 is 0 Å². The van der Waals surface area contributed by atoms with Crippen molar-refractivity contribution in [2.45, 2.75) is 27.7 Å². The van der Waals surface area contributed by atoms with Gasteiger partial charge in [-0.1, -0.05) is 36.1 Å². The second-order valence-electron chi connectivity index (χ2n) is 6.78. The molecule has 0 saturated carbocycles. The second-order valence-corrected chi connectivity index (χ2v) is 6.78. The van der Waals surface area contributed by atoms with Crippen molar-refractivity contribution in [2.75, 3.05) is 0 Å². The fourth-order valence-electron chi connectivity index (χ4n) is 3.40. The van der Waals surface area contributed by atoms with Crippen LogP contribution in [0.2, 0.25) is 0 Å². The van der Waals surface area contributed by atoms with Crippen LogP contribution >= 0.6 is 0 Å². The Labute approximate surface area is 153 Å². The molecule has 0 fully saturated rings. The van der Waals surface area contributed by atoms with Crippen LogP contribution in [0.3, 0.4) is 0 Å². The SMILES string of the molecule is Cc1cc(C)c(C)c(C#Cc2ccnc3c2ccc2cccnc23)c1C. The van der Waals surface area contributed by atoms with Gasteiger partial charge in [-0.05, 0) is 62.1 Å². The molecule has 0 unspecified atom stereocenters. The summed E-state index contributed by atoms with van der Waals surface area (Å²) in [5.74, 6) is 6.81. The van der Waals surface area contributed by atoms with Crippen LogP contribution < -0.4 is 0 Å². The molecule has 4 aromatic rings. The molecule has 26 heavy (non-hydrogen) atoms. The van der Waals surface area contributed by atoms with Crippen LogP contribution in [-0.2, 0) is 0 Å². The Morgan fingerprint density at radius 1 is 0.731 bits per heavy atom. The van der Waals surface area contributed by atoms with Crippen molar-refractivity contribution < 1.29 is 0 Å². The van der Waals surface area contributed by atoms with E-state index in [1.54, 1.807) is 0 Å². The average Bonchev–Trinajstić information content (AvgIpc) is 2.66. The molecular formula is C24H20N2. The molecule has 126 valence electrons. The molecule has 2 heteroatoms. The predicted molar refractivity (Wildman–Crippen MR) is 108 cm³/mol. The van der Waals surface area contributed by atoms with E-state index in [9.17, 15) is 0 Å². The van der Waals surface area contributed by atoms with Crippen LogP contribution in [0, 0.1) is 39.5 Å². The summed E-state index contributed by atoms with van der Waals surface area (Å²) in [6.45, 7) is 8.58. The summed E-state index contributed by atoms with van der Waals surface area (Å²) in [6.07, 6.45) is 3.63. The zero-order valence-corrected chi connectivity index (χ0v) is 15.5. The monoisotopic (exact) mass is 336 g/mol. The third kappa shape index (κ3) is 2.62. The molecule has 4 rings (SSSR count). The van der Waals surface area contributed by atoms with Crippen LogP contribution in [0.5, 0.6) is 0 Å². The highest BCUT2D eigenvalue weighted by Crippen LogP contribution is 2.25. The molecule has 2 heterocycles. The number of benzene rings is 2. The van der Waals surface area contributed by atoms with Crippen LogP contribution in [0.25, 0.3) is 21.8 Å². The molecule has 0 aliphatic heterocycles. The lowest BCUT2D eigenvalue weighted by atomic mass is 9.94. The van der Waals surface area contributed by atoms with Gasteiger partial charge in [0.2, 0.25) is 0 Å². The van der Waals surface area contributed by atoms with Crippen LogP contribution in [0.4, 0.5) is 0 Å². The van der Waals surface area contributed by atoms with E-state index in [0.717, 1.165) is 32.9 Å². The van der Waals surface area contributed by atoms with Crippen molar-refractivity contribution in [1.82, 2.24) is 9.97 Å². The normalized spacial score (nSPS) is 10.8. The number of fused-ring (bicyclic) bond motifs is 3. The van der Waals surface area contributed by atoms with Gasteiger partial charge in [-0.15, -0.1) is 0 Å². The number of hydrogen-bond acceptors (Lipinski definition) is 2. The minimum absolute atomic E-state index is 0.906. The zero-order valence-electron chi connectivity index (χ0n) is 15.5. The maximum absolute atomic E-state index is 4.56. The molecule has 0 N–H and O–H groups in total. The van der Waals surface area contributed by atoms with Crippen molar-refractivity contribution in [1.29, 1.82) is 0 Å². The Balaban J connectivity index is 1.94. The Morgan fingerprint density at radius 3 is 2.23 bits per heavy atom. The zero-order chi connectivity index (χ0) is 18.3. The highest BCUT2D eigenvalue weighted by atomic mass is 14.7. The van der Waals surface area contributed by atoms with Crippen LogP contribution in [-0.4, -0.2) is 9.97 Å². The lowest BCUT2D eigenvalue weighted by Crippen LogP contribution is -1.95. The van der Waals surface area contributed by atoms with Gasteiger partial charge in [-0.2, -0.15) is 0 Å². The first-order valence-corrected chi connectivity index (χ1v) is 8.78. The fourth-order valence-corrected chi connectivity index (χ4v) is 3.40. The van der Waals surface area contributed by atoms with E-state index < -0.39 is 0 Å². The largest absolute Gasteiger partial charge is 0.254 e. The second kappa shape index (κ2) is 6.28. The lowest BCUT2D eigenvalue weighted by Gasteiger charge is -2.10. The van der Waals surface area contributed by atoms with Crippen molar-refractivity contribution in [2.24, 2.45) is 0 Å². The standard InChI is InChI=1S/C24H20N2/c1-15-14-16(2)18(4)21(17(15)3)9-7-19-11-13-26-24-22(19)10-8-20-6-5-12-25-23(20)24/h5-6,8,10-14H,1-4H3. The van der Waals surface area contributed by atoms with Crippen LogP contribution in [0.15, 0.2) is 48.8 Å². The molecule has 0 spiro atoms. The number of hydrogen-bond donors (Lipinski definition) is 0. The minimum Gasteiger partial charge on any atom is -0.254 e. The Kier molecular flexibility index (Phi) is 3.93. The minimum atomic E-state index is 0.906. The van der Waals surface area contributed by atoms with Gasteiger partial charge in [0, 0.05) is 34.3 Å². The van der Waals surface area contributed by atoms with E-state index in [4.69, 9.17) is 0 Å². The summed E-state index contributed by atoms with van der Waals surface area (Å²) < 4.78 is 0. The van der Waals surface area contributed by atoms with Gasteiger partial charge in [-0.25, -0.2) is 0 Å². The van der Waals surface area contributed by atoms with Gasteiger partial charge in [0.25, 0.3) is 0 Å². The van der Waals surface area contributed by atoms with Gasteiger partial charge in [0.15, 0.2) is 0 Å². The molecule has 0 aliphatic rings. The van der Waals surface area contributed by atoms with E-state index in [0.29, 0.717) is 0 Å². The van der Waals surface area contributed by atoms with Gasteiger partial charge >= 0.3 is 0 Å². The Bertz CT molecular complexity index is 1200. The molecule has 0 radical (unpaired) electrons. The number of pyridine rings is 2. The molecule has 2 aromatic heterocycles. The van der Waals surface area contributed by atoms with Gasteiger partial charge in [0.1, 0.15) is 0 Å². The van der Waals surface area contributed by atoms with Crippen molar-refractivity contribution >= 4 is 21.8 Å². The summed E-state index contributed by atoms with van der Waals surface area (Å²) in [4.78, 5) is 9.07. The number of nitrogens with zero attached hydrogens (tertiary/aromatic N) is 2. The number of rotatable bonds is 0. The van der Waals surface area contributed by atoms with Gasteiger partial charge in [0.05, 0.1) is 11.0 Å². The summed E-state index contributed by atoms with van der Waals surface area (Å²) in [7, 11) is 0.